The average Bonchev–Trinajstić information content (AvgIpc) is 2.67. The molecule has 0 saturated heterocycles. The number of esters is 1. The highest BCUT2D eigenvalue weighted by atomic mass is 16.6. The van der Waals surface area contributed by atoms with Crippen LogP contribution in [0.15, 0.2) is 60.7 Å². The summed E-state index contributed by atoms with van der Waals surface area (Å²) in [7, 11) is 3.53. The van der Waals surface area contributed by atoms with Crippen LogP contribution in [-0.4, -0.2) is 43.7 Å². The van der Waals surface area contributed by atoms with Gasteiger partial charge in [-0.05, 0) is 57.6 Å². The van der Waals surface area contributed by atoms with Crippen molar-refractivity contribution in [2.75, 3.05) is 27.2 Å². The van der Waals surface area contributed by atoms with Gasteiger partial charge in [-0.15, -0.1) is 0 Å². The van der Waals surface area contributed by atoms with E-state index in [1.165, 1.54) is 0 Å². The third kappa shape index (κ3) is 8.25. The maximum absolute atomic E-state index is 12.0. The minimum absolute atomic E-state index is 0.224. The highest BCUT2D eigenvalue weighted by Crippen LogP contribution is 2.15. The number of hydrogen-bond donors (Lipinski definition) is 0. The molecule has 152 valence electrons. The summed E-state index contributed by atoms with van der Waals surface area (Å²) in [6.07, 6.45) is 2.04. The van der Waals surface area contributed by atoms with Crippen molar-refractivity contribution in [2.45, 2.75) is 26.4 Å². The molecule has 0 spiro atoms. The van der Waals surface area contributed by atoms with Gasteiger partial charge < -0.3 is 9.47 Å². The maximum Gasteiger partial charge on any atom is 0.320 e. The van der Waals surface area contributed by atoms with Gasteiger partial charge in [0.05, 0.1) is 13.7 Å². The highest BCUT2D eigenvalue weighted by molar-refractivity contribution is 5.80. The lowest BCUT2D eigenvalue weighted by molar-refractivity contribution is -0.155. The Hall–Kier alpha value is -3.03. The predicted octanol–water partition coefficient (Wildman–Crippen LogP) is 4.40. The predicted molar refractivity (Wildman–Crippen MR) is 118 cm³/mol. The van der Waals surface area contributed by atoms with Crippen LogP contribution in [0.4, 0.5) is 0 Å². The summed E-state index contributed by atoms with van der Waals surface area (Å²) in [6, 6.07) is 17.7. The Kier molecular flexibility index (Phi) is 8.06. The van der Waals surface area contributed by atoms with Crippen molar-refractivity contribution in [2.24, 2.45) is 0 Å². The van der Waals surface area contributed by atoms with Crippen LogP contribution < -0.4 is 4.74 Å². The summed E-state index contributed by atoms with van der Waals surface area (Å²) in [4.78, 5) is 13.9. The molecule has 0 aliphatic rings. The SMILES string of the molecule is COc1ccc(C#CC(=CCN(C)CC(=O)OC(C)(C)C)c2ccccc2)cc1. The molecule has 0 bridgehead atoms. The van der Waals surface area contributed by atoms with E-state index in [1.54, 1.807) is 7.11 Å². The van der Waals surface area contributed by atoms with E-state index < -0.39 is 5.60 Å². The zero-order valence-electron chi connectivity index (χ0n) is 17.9. The molecule has 0 aromatic heterocycles. The van der Waals surface area contributed by atoms with E-state index in [4.69, 9.17) is 9.47 Å². The first kappa shape index (κ1) is 22.3. The quantitative estimate of drug-likeness (QED) is 0.540. The summed E-state index contributed by atoms with van der Waals surface area (Å²) in [5.41, 5.74) is 2.39. The third-order valence-corrected chi connectivity index (χ3v) is 3.94. The lowest BCUT2D eigenvalue weighted by Gasteiger charge is -2.22. The molecule has 0 aliphatic carbocycles. The largest absolute Gasteiger partial charge is 0.497 e. The molecule has 4 heteroatoms. The van der Waals surface area contributed by atoms with Crippen molar-refractivity contribution in [3.05, 3.63) is 71.8 Å². The molecule has 0 fully saturated rings. The van der Waals surface area contributed by atoms with E-state index in [9.17, 15) is 4.79 Å². The first-order valence-electron chi connectivity index (χ1n) is 9.59. The number of hydrogen-bond acceptors (Lipinski definition) is 4. The second-order valence-electron chi connectivity index (χ2n) is 7.75. The van der Waals surface area contributed by atoms with Crippen LogP contribution in [0.5, 0.6) is 5.75 Å². The van der Waals surface area contributed by atoms with Crippen molar-refractivity contribution in [1.82, 2.24) is 4.90 Å². The molecule has 0 atom stereocenters. The van der Waals surface area contributed by atoms with Gasteiger partial charge in [-0.3, -0.25) is 9.69 Å². The van der Waals surface area contributed by atoms with Crippen molar-refractivity contribution in [1.29, 1.82) is 0 Å². The molecule has 0 heterocycles. The summed E-state index contributed by atoms with van der Waals surface area (Å²) in [5, 5.41) is 0. The first-order valence-corrected chi connectivity index (χ1v) is 9.59. The Balaban J connectivity index is 2.14. The van der Waals surface area contributed by atoms with Gasteiger partial charge in [-0.25, -0.2) is 0 Å². The molecule has 2 aromatic rings. The fraction of sp³-hybridized carbons (Fsp3) is 0.320. The Morgan fingerprint density at radius 1 is 1.07 bits per heavy atom. The van der Waals surface area contributed by atoms with E-state index in [-0.39, 0.29) is 12.5 Å². The van der Waals surface area contributed by atoms with E-state index >= 15 is 0 Å². The molecular weight excluding hydrogens is 362 g/mol. The average molecular weight is 392 g/mol. The van der Waals surface area contributed by atoms with Crippen LogP contribution in [0.1, 0.15) is 31.9 Å². The third-order valence-electron chi connectivity index (χ3n) is 3.94. The molecule has 29 heavy (non-hydrogen) atoms. The topological polar surface area (TPSA) is 38.8 Å². The molecule has 0 saturated carbocycles. The summed E-state index contributed by atoms with van der Waals surface area (Å²) >= 11 is 0. The van der Waals surface area contributed by atoms with Gasteiger partial charge >= 0.3 is 5.97 Å². The van der Waals surface area contributed by atoms with E-state index in [1.807, 2.05) is 93.4 Å². The minimum atomic E-state index is -0.479. The second-order valence-corrected chi connectivity index (χ2v) is 7.75. The van der Waals surface area contributed by atoms with E-state index in [0.717, 1.165) is 22.4 Å². The first-order chi connectivity index (χ1) is 13.8. The number of benzene rings is 2. The molecule has 4 nitrogen and oxygen atoms in total. The highest BCUT2D eigenvalue weighted by Gasteiger charge is 2.17. The van der Waals surface area contributed by atoms with Gasteiger partial charge in [0.25, 0.3) is 0 Å². The van der Waals surface area contributed by atoms with Crippen molar-refractivity contribution < 1.29 is 14.3 Å². The molecule has 0 aliphatic heterocycles. The fourth-order valence-corrected chi connectivity index (χ4v) is 2.58. The molecule has 0 radical (unpaired) electrons. The number of carbonyl (C=O) groups excluding carboxylic acids is 1. The molecule has 2 rings (SSSR count). The summed E-state index contributed by atoms with van der Waals surface area (Å²) < 4.78 is 10.6. The van der Waals surface area contributed by atoms with Gasteiger partial charge in [0.15, 0.2) is 0 Å². The van der Waals surface area contributed by atoms with Crippen molar-refractivity contribution in [3.63, 3.8) is 0 Å². The Labute approximate surface area is 174 Å². The number of ether oxygens (including phenoxy) is 2. The molecule has 2 aromatic carbocycles. The van der Waals surface area contributed by atoms with Crippen LogP contribution in [0.2, 0.25) is 0 Å². The smallest absolute Gasteiger partial charge is 0.320 e. The lowest BCUT2D eigenvalue weighted by Crippen LogP contribution is -2.32. The number of rotatable bonds is 6. The number of likely N-dealkylation sites (N-methyl/N-ethyl adjacent to an activating group) is 1. The monoisotopic (exact) mass is 391 g/mol. The van der Waals surface area contributed by atoms with Crippen LogP contribution in [-0.2, 0) is 9.53 Å². The molecule has 0 N–H and O–H groups in total. The van der Waals surface area contributed by atoms with Crippen molar-refractivity contribution >= 4 is 11.5 Å². The number of carbonyl (C=O) groups is 1. The summed E-state index contributed by atoms with van der Waals surface area (Å²) in [6.45, 7) is 6.41. The minimum Gasteiger partial charge on any atom is -0.497 e. The standard InChI is InChI=1S/C25H29NO3/c1-25(2,3)29-24(27)19-26(4)18-17-22(21-9-7-6-8-10-21)14-11-20-12-15-23(28-5)16-13-20/h6-10,12-13,15-17H,18-19H2,1-5H3. The van der Waals surface area contributed by atoms with Gasteiger partial charge in [-0.2, -0.15) is 0 Å². The molecule has 0 amide bonds. The van der Waals surface area contributed by atoms with Crippen LogP contribution in [0.3, 0.4) is 0 Å². The Morgan fingerprint density at radius 2 is 1.72 bits per heavy atom. The molecular formula is C25H29NO3. The van der Waals surface area contributed by atoms with E-state index in [2.05, 4.69) is 11.8 Å². The van der Waals surface area contributed by atoms with Gasteiger partial charge in [0, 0.05) is 17.7 Å². The zero-order valence-corrected chi connectivity index (χ0v) is 17.9. The van der Waals surface area contributed by atoms with Gasteiger partial charge in [0.2, 0.25) is 0 Å². The lowest BCUT2D eigenvalue weighted by atomic mass is 10.1. The Morgan fingerprint density at radius 3 is 2.31 bits per heavy atom. The van der Waals surface area contributed by atoms with Crippen LogP contribution >= 0.6 is 0 Å². The normalized spacial score (nSPS) is 11.6. The summed E-state index contributed by atoms with van der Waals surface area (Å²) in [5.74, 6) is 7.04. The van der Waals surface area contributed by atoms with Gasteiger partial charge in [0.1, 0.15) is 11.4 Å². The zero-order chi connectivity index (χ0) is 21.3. The van der Waals surface area contributed by atoms with E-state index in [0.29, 0.717) is 6.54 Å². The maximum atomic E-state index is 12.0. The number of methoxy groups -OCH3 is 1. The van der Waals surface area contributed by atoms with Crippen LogP contribution in [0.25, 0.3) is 5.57 Å². The Bertz CT molecular complexity index is 882. The van der Waals surface area contributed by atoms with Crippen molar-refractivity contribution in [3.8, 4) is 17.6 Å². The second kappa shape index (κ2) is 10.5. The molecule has 0 unspecified atom stereocenters. The van der Waals surface area contributed by atoms with Gasteiger partial charge in [-0.1, -0.05) is 48.2 Å². The number of allylic oxidation sites excluding steroid dienone is 1. The van der Waals surface area contributed by atoms with Crippen LogP contribution in [0, 0.1) is 11.8 Å². The fourth-order valence-electron chi connectivity index (χ4n) is 2.58. The number of nitrogens with zero attached hydrogens (tertiary/aromatic N) is 1.